The van der Waals surface area contributed by atoms with Gasteiger partial charge in [0.15, 0.2) is 0 Å². The minimum Gasteiger partial charge on any atom is -0.423 e. The zero-order chi connectivity index (χ0) is 18.7. The summed E-state index contributed by atoms with van der Waals surface area (Å²) in [6.07, 6.45) is 1.83. The third kappa shape index (κ3) is 3.99. The van der Waals surface area contributed by atoms with Crippen molar-refractivity contribution in [1.82, 2.24) is 10.3 Å². The van der Waals surface area contributed by atoms with Gasteiger partial charge in [-0.05, 0) is 42.2 Å². The fraction of sp³-hybridized carbons (Fsp3) is 0.286. The van der Waals surface area contributed by atoms with E-state index >= 15 is 0 Å². The van der Waals surface area contributed by atoms with Crippen molar-refractivity contribution in [3.05, 3.63) is 75.9 Å². The van der Waals surface area contributed by atoms with E-state index in [0.29, 0.717) is 11.1 Å². The molecule has 0 radical (unpaired) electrons. The number of hydrogen-bond acceptors (Lipinski definition) is 4. The van der Waals surface area contributed by atoms with Crippen LogP contribution in [0, 0.1) is 12.8 Å². The number of amides is 1. The Morgan fingerprint density at radius 2 is 2.00 bits per heavy atom. The van der Waals surface area contributed by atoms with Crippen molar-refractivity contribution in [1.29, 1.82) is 0 Å². The van der Waals surface area contributed by atoms with E-state index in [2.05, 4.69) is 10.3 Å². The average molecular weight is 350 g/mol. The molecule has 5 nitrogen and oxygen atoms in total. The maximum absolute atomic E-state index is 12.7. The van der Waals surface area contributed by atoms with E-state index in [1.165, 1.54) is 6.07 Å². The molecular formula is C21H22N2O3. The lowest BCUT2D eigenvalue weighted by molar-refractivity contribution is -0.121. The zero-order valence-electron chi connectivity index (χ0n) is 15.2. The van der Waals surface area contributed by atoms with Crippen molar-refractivity contribution in [3.63, 3.8) is 0 Å². The van der Waals surface area contributed by atoms with Gasteiger partial charge in [-0.2, -0.15) is 0 Å². The first kappa shape index (κ1) is 17.9. The Kier molecular flexibility index (Phi) is 5.16. The summed E-state index contributed by atoms with van der Waals surface area (Å²) >= 11 is 0. The van der Waals surface area contributed by atoms with E-state index in [-0.39, 0.29) is 24.3 Å². The van der Waals surface area contributed by atoms with E-state index in [4.69, 9.17) is 4.42 Å². The summed E-state index contributed by atoms with van der Waals surface area (Å²) in [6, 6.07) is 12.5. The van der Waals surface area contributed by atoms with Crippen LogP contribution in [0.2, 0.25) is 0 Å². The van der Waals surface area contributed by atoms with Crippen LogP contribution in [0.15, 0.2) is 57.9 Å². The second-order valence-electron chi connectivity index (χ2n) is 6.81. The van der Waals surface area contributed by atoms with Crippen LogP contribution in [0.25, 0.3) is 11.0 Å². The molecule has 0 aliphatic rings. The molecule has 0 fully saturated rings. The number of aromatic nitrogens is 1. The lowest BCUT2D eigenvalue weighted by Gasteiger charge is -2.22. The molecule has 2 aromatic heterocycles. The smallest absolute Gasteiger partial charge is 0.336 e. The summed E-state index contributed by atoms with van der Waals surface area (Å²) in [7, 11) is 0. The first-order valence-corrected chi connectivity index (χ1v) is 8.67. The first-order valence-electron chi connectivity index (χ1n) is 8.67. The van der Waals surface area contributed by atoms with Crippen LogP contribution in [0.3, 0.4) is 0 Å². The summed E-state index contributed by atoms with van der Waals surface area (Å²) in [5.41, 5.74) is 2.54. The Hall–Kier alpha value is -2.95. The van der Waals surface area contributed by atoms with Gasteiger partial charge in [0.05, 0.1) is 18.2 Å². The minimum atomic E-state index is -0.448. The Morgan fingerprint density at radius 1 is 1.19 bits per heavy atom. The molecule has 0 saturated heterocycles. The molecule has 5 heteroatoms. The molecule has 0 aliphatic heterocycles. The van der Waals surface area contributed by atoms with E-state index in [1.54, 1.807) is 6.20 Å². The number of carbonyl (C=O) groups excluding carboxylic acids is 1. The highest BCUT2D eigenvalue weighted by atomic mass is 16.4. The molecule has 3 aromatic rings. The van der Waals surface area contributed by atoms with E-state index in [1.807, 2.05) is 57.2 Å². The van der Waals surface area contributed by atoms with Gasteiger partial charge < -0.3 is 9.73 Å². The highest BCUT2D eigenvalue weighted by molar-refractivity contribution is 5.87. The highest BCUT2D eigenvalue weighted by Gasteiger charge is 2.20. The molecule has 1 aromatic carbocycles. The lowest BCUT2D eigenvalue weighted by atomic mass is 9.99. The lowest BCUT2D eigenvalue weighted by Crippen LogP contribution is -2.33. The molecule has 0 bridgehead atoms. The number of benzene rings is 1. The molecule has 1 atom stereocenters. The van der Waals surface area contributed by atoms with E-state index in [9.17, 15) is 9.59 Å². The maximum atomic E-state index is 12.7. The fourth-order valence-corrected chi connectivity index (χ4v) is 3.02. The van der Waals surface area contributed by atoms with E-state index in [0.717, 1.165) is 16.6 Å². The Bertz CT molecular complexity index is 977. The van der Waals surface area contributed by atoms with Gasteiger partial charge in [0.2, 0.25) is 5.91 Å². The predicted molar refractivity (Wildman–Crippen MR) is 101 cm³/mol. The number of rotatable bonds is 5. The number of carbonyl (C=O) groups is 1. The summed E-state index contributed by atoms with van der Waals surface area (Å²) in [5, 5.41) is 3.82. The molecule has 1 amide bonds. The van der Waals surface area contributed by atoms with Gasteiger partial charge in [0.25, 0.3) is 0 Å². The van der Waals surface area contributed by atoms with E-state index < -0.39 is 5.63 Å². The topological polar surface area (TPSA) is 72.2 Å². The molecule has 0 spiro atoms. The summed E-state index contributed by atoms with van der Waals surface area (Å²) in [6.45, 7) is 6.00. The van der Waals surface area contributed by atoms with Crippen molar-refractivity contribution >= 4 is 16.9 Å². The van der Waals surface area contributed by atoms with Crippen LogP contribution < -0.4 is 10.9 Å². The zero-order valence-corrected chi connectivity index (χ0v) is 15.2. The standard InChI is InChI=1S/C21H22N2O3/c1-13(2)21(17-6-4-5-9-22-17)23-19(24)11-15-12-20(25)26-18-10-14(3)7-8-16(15)18/h4-10,12-13,21H,11H2,1-3H3,(H,23,24)/t21-/m1/s1. The molecule has 134 valence electrons. The Morgan fingerprint density at radius 3 is 2.69 bits per heavy atom. The summed E-state index contributed by atoms with van der Waals surface area (Å²) < 4.78 is 5.26. The molecule has 0 aliphatic carbocycles. The molecule has 2 heterocycles. The van der Waals surface area contributed by atoms with Crippen molar-refractivity contribution in [3.8, 4) is 0 Å². The first-order chi connectivity index (χ1) is 12.4. The van der Waals surface area contributed by atoms with Crippen molar-refractivity contribution < 1.29 is 9.21 Å². The van der Waals surface area contributed by atoms with Gasteiger partial charge in [-0.1, -0.05) is 32.0 Å². The van der Waals surface area contributed by atoms with Crippen molar-refractivity contribution in [2.24, 2.45) is 5.92 Å². The quantitative estimate of drug-likeness (QED) is 0.714. The van der Waals surface area contributed by atoms with Crippen molar-refractivity contribution in [2.75, 3.05) is 0 Å². The van der Waals surface area contributed by atoms with Crippen LogP contribution in [0.4, 0.5) is 0 Å². The molecule has 3 rings (SSSR count). The Balaban J connectivity index is 1.86. The highest BCUT2D eigenvalue weighted by Crippen LogP contribution is 2.21. The number of nitrogens with zero attached hydrogens (tertiary/aromatic N) is 1. The molecule has 1 N–H and O–H groups in total. The number of hydrogen-bond donors (Lipinski definition) is 1. The second-order valence-corrected chi connectivity index (χ2v) is 6.81. The van der Waals surface area contributed by atoms with Gasteiger partial charge in [-0.25, -0.2) is 4.79 Å². The average Bonchev–Trinajstić information content (AvgIpc) is 2.59. The van der Waals surface area contributed by atoms with Crippen LogP contribution in [0.1, 0.15) is 36.7 Å². The molecule has 0 saturated carbocycles. The number of fused-ring (bicyclic) bond motifs is 1. The van der Waals surface area contributed by atoms with Gasteiger partial charge >= 0.3 is 5.63 Å². The summed E-state index contributed by atoms with van der Waals surface area (Å²) in [4.78, 5) is 28.8. The van der Waals surface area contributed by atoms with Crippen LogP contribution in [0.5, 0.6) is 0 Å². The van der Waals surface area contributed by atoms with Gasteiger partial charge in [0.1, 0.15) is 5.58 Å². The molecular weight excluding hydrogens is 328 g/mol. The van der Waals surface area contributed by atoms with Crippen LogP contribution in [-0.4, -0.2) is 10.9 Å². The van der Waals surface area contributed by atoms with Crippen molar-refractivity contribution in [2.45, 2.75) is 33.2 Å². The van der Waals surface area contributed by atoms with Crippen LogP contribution >= 0.6 is 0 Å². The Labute approximate surface area is 152 Å². The van der Waals surface area contributed by atoms with Crippen LogP contribution in [-0.2, 0) is 11.2 Å². The number of nitrogens with one attached hydrogen (secondary N) is 1. The summed E-state index contributed by atoms with van der Waals surface area (Å²) in [5.74, 6) is 0.0379. The number of pyridine rings is 1. The molecule has 26 heavy (non-hydrogen) atoms. The third-order valence-corrected chi connectivity index (χ3v) is 4.33. The predicted octanol–water partition coefficient (Wildman–Crippen LogP) is 3.55. The SMILES string of the molecule is Cc1ccc2c(CC(=O)N[C@@H](c3ccccn3)C(C)C)cc(=O)oc2c1. The monoisotopic (exact) mass is 350 g/mol. The second kappa shape index (κ2) is 7.52. The minimum absolute atomic E-state index is 0.112. The maximum Gasteiger partial charge on any atom is 0.336 e. The normalized spacial score (nSPS) is 12.3. The van der Waals surface area contributed by atoms with Gasteiger partial charge in [0, 0.05) is 17.6 Å². The van der Waals surface area contributed by atoms with Gasteiger partial charge in [-0.3, -0.25) is 9.78 Å². The third-order valence-electron chi connectivity index (χ3n) is 4.33. The fourth-order valence-electron chi connectivity index (χ4n) is 3.02. The molecule has 0 unspecified atom stereocenters. The van der Waals surface area contributed by atoms with Gasteiger partial charge in [-0.15, -0.1) is 0 Å². The number of aryl methyl sites for hydroxylation is 1. The largest absolute Gasteiger partial charge is 0.423 e.